The molecule has 1 aromatic rings. The van der Waals surface area contributed by atoms with Crippen molar-refractivity contribution in [2.45, 2.75) is 46.7 Å². The molecule has 0 aliphatic rings. The number of nitrogens with one attached hydrogen (secondary N) is 1. The Kier molecular flexibility index (Phi) is 4.23. The number of hydrogen-bond donors (Lipinski definition) is 2. The van der Waals surface area contributed by atoms with Crippen LogP contribution in [0.15, 0.2) is 6.07 Å². The second kappa shape index (κ2) is 5.27. The first-order valence-electron chi connectivity index (χ1n) is 5.83. The Morgan fingerprint density at radius 2 is 1.94 bits per heavy atom. The number of pyridine rings is 1. The SMILES string of the molecule is Cc1cc(C)c(C(C)NC(C)C(N)=O)c(C)n1. The van der Waals surface area contributed by atoms with Gasteiger partial charge in [-0.05, 0) is 51.8 Å². The van der Waals surface area contributed by atoms with Crippen LogP contribution < -0.4 is 11.1 Å². The minimum absolute atomic E-state index is 0.0607. The Morgan fingerprint density at radius 1 is 1.35 bits per heavy atom. The summed E-state index contributed by atoms with van der Waals surface area (Å²) in [6.45, 7) is 9.82. The predicted octanol–water partition coefficient (Wildman–Crippen LogP) is 1.53. The van der Waals surface area contributed by atoms with Crippen LogP contribution in [-0.4, -0.2) is 16.9 Å². The van der Waals surface area contributed by atoms with Crippen LogP contribution in [0.2, 0.25) is 0 Å². The standard InChI is InChI=1S/C13H21N3O/c1-7-6-8(2)15-9(3)12(7)10(4)16-11(5)13(14)17/h6,10-11,16H,1-5H3,(H2,14,17). The van der Waals surface area contributed by atoms with E-state index >= 15 is 0 Å². The molecule has 1 heterocycles. The predicted molar refractivity (Wildman–Crippen MR) is 68.7 cm³/mol. The largest absolute Gasteiger partial charge is 0.368 e. The van der Waals surface area contributed by atoms with Crippen LogP contribution in [0.25, 0.3) is 0 Å². The molecule has 0 saturated carbocycles. The van der Waals surface area contributed by atoms with E-state index < -0.39 is 0 Å². The van der Waals surface area contributed by atoms with Crippen LogP contribution in [0.3, 0.4) is 0 Å². The van der Waals surface area contributed by atoms with Crippen molar-refractivity contribution in [2.24, 2.45) is 5.73 Å². The highest BCUT2D eigenvalue weighted by atomic mass is 16.1. The van der Waals surface area contributed by atoms with Crippen LogP contribution in [0.1, 0.15) is 42.4 Å². The number of nitrogens with two attached hydrogens (primary N) is 1. The zero-order chi connectivity index (χ0) is 13.2. The Bertz CT molecular complexity index is 406. The van der Waals surface area contributed by atoms with Gasteiger partial charge >= 0.3 is 0 Å². The molecule has 2 unspecified atom stereocenters. The summed E-state index contributed by atoms with van der Waals surface area (Å²) in [7, 11) is 0. The number of aryl methyl sites for hydroxylation is 3. The fourth-order valence-corrected chi connectivity index (χ4v) is 2.23. The number of carbonyl (C=O) groups is 1. The zero-order valence-corrected chi connectivity index (χ0v) is 11.2. The molecule has 0 spiro atoms. The van der Waals surface area contributed by atoms with E-state index in [0.717, 1.165) is 17.0 Å². The lowest BCUT2D eigenvalue weighted by molar-refractivity contribution is -0.119. The molecular weight excluding hydrogens is 214 g/mol. The average Bonchev–Trinajstić information content (AvgIpc) is 2.15. The number of amides is 1. The van der Waals surface area contributed by atoms with Crippen molar-refractivity contribution < 1.29 is 4.79 Å². The number of hydrogen-bond acceptors (Lipinski definition) is 3. The molecule has 2 atom stereocenters. The lowest BCUT2D eigenvalue weighted by atomic mass is 10.00. The van der Waals surface area contributed by atoms with Crippen molar-refractivity contribution >= 4 is 5.91 Å². The highest BCUT2D eigenvalue weighted by molar-refractivity contribution is 5.79. The first kappa shape index (κ1) is 13.6. The normalized spacial score (nSPS) is 14.4. The van der Waals surface area contributed by atoms with Crippen molar-refractivity contribution in [3.63, 3.8) is 0 Å². The topological polar surface area (TPSA) is 68.0 Å². The van der Waals surface area contributed by atoms with Gasteiger partial charge in [-0.2, -0.15) is 0 Å². The molecule has 4 nitrogen and oxygen atoms in total. The van der Waals surface area contributed by atoms with Gasteiger partial charge in [0.15, 0.2) is 0 Å². The lowest BCUT2D eigenvalue weighted by Gasteiger charge is -2.21. The maximum atomic E-state index is 11.0. The molecule has 17 heavy (non-hydrogen) atoms. The van der Waals surface area contributed by atoms with Gasteiger partial charge in [0.1, 0.15) is 0 Å². The molecule has 3 N–H and O–H groups in total. The number of aromatic nitrogens is 1. The first-order chi connectivity index (χ1) is 7.82. The third-order valence-electron chi connectivity index (χ3n) is 2.94. The maximum absolute atomic E-state index is 11.0. The molecule has 1 rings (SSSR count). The smallest absolute Gasteiger partial charge is 0.234 e. The summed E-state index contributed by atoms with van der Waals surface area (Å²) in [5.41, 5.74) is 9.59. The monoisotopic (exact) mass is 235 g/mol. The Balaban J connectivity index is 2.96. The van der Waals surface area contributed by atoms with Crippen LogP contribution >= 0.6 is 0 Å². The minimum atomic E-state index is -0.342. The number of nitrogens with zero attached hydrogens (tertiary/aromatic N) is 1. The molecule has 0 fully saturated rings. The lowest BCUT2D eigenvalue weighted by Crippen LogP contribution is -2.40. The van der Waals surface area contributed by atoms with Gasteiger partial charge in [0.05, 0.1) is 6.04 Å². The summed E-state index contributed by atoms with van der Waals surface area (Å²) in [6.07, 6.45) is 0. The quantitative estimate of drug-likeness (QED) is 0.831. The van der Waals surface area contributed by atoms with Gasteiger partial charge in [0.2, 0.25) is 5.91 Å². The van der Waals surface area contributed by atoms with Gasteiger partial charge in [-0.1, -0.05) is 0 Å². The van der Waals surface area contributed by atoms with E-state index in [1.165, 1.54) is 5.56 Å². The second-order valence-electron chi connectivity index (χ2n) is 4.59. The van der Waals surface area contributed by atoms with Crippen molar-refractivity contribution in [2.75, 3.05) is 0 Å². The van der Waals surface area contributed by atoms with E-state index in [9.17, 15) is 4.79 Å². The Labute approximate surface area is 103 Å². The van der Waals surface area contributed by atoms with Gasteiger partial charge < -0.3 is 5.73 Å². The highest BCUT2D eigenvalue weighted by Crippen LogP contribution is 2.21. The number of rotatable bonds is 4. The summed E-state index contributed by atoms with van der Waals surface area (Å²) in [6, 6.07) is 1.77. The van der Waals surface area contributed by atoms with Gasteiger partial charge in [-0.15, -0.1) is 0 Å². The van der Waals surface area contributed by atoms with Gasteiger partial charge in [0, 0.05) is 17.4 Å². The van der Waals surface area contributed by atoms with E-state index in [4.69, 9.17) is 5.73 Å². The third kappa shape index (κ3) is 3.27. The Hall–Kier alpha value is -1.42. The van der Waals surface area contributed by atoms with Gasteiger partial charge in [-0.3, -0.25) is 15.1 Å². The summed E-state index contributed by atoms with van der Waals surface area (Å²) < 4.78 is 0. The van der Waals surface area contributed by atoms with Gasteiger partial charge in [0.25, 0.3) is 0 Å². The zero-order valence-electron chi connectivity index (χ0n) is 11.2. The van der Waals surface area contributed by atoms with Crippen LogP contribution in [0, 0.1) is 20.8 Å². The fourth-order valence-electron chi connectivity index (χ4n) is 2.23. The Morgan fingerprint density at radius 3 is 2.41 bits per heavy atom. The molecule has 0 bridgehead atoms. The molecule has 4 heteroatoms. The second-order valence-corrected chi connectivity index (χ2v) is 4.59. The van der Waals surface area contributed by atoms with Gasteiger partial charge in [-0.25, -0.2) is 0 Å². The molecule has 0 saturated heterocycles. The summed E-state index contributed by atoms with van der Waals surface area (Å²) in [4.78, 5) is 15.5. The van der Waals surface area contributed by atoms with Crippen molar-refractivity contribution in [3.8, 4) is 0 Å². The van der Waals surface area contributed by atoms with Crippen LogP contribution in [0.4, 0.5) is 0 Å². The summed E-state index contributed by atoms with van der Waals surface area (Å²) in [5, 5.41) is 3.18. The van der Waals surface area contributed by atoms with Crippen molar-refractivity contribution in [3.05, 3.63) is 28.6 Å². The maximum Gasteiger partial charge on any atom is 0.234 e. The third-order valence-corrected chi connectivity index (χ3v) is 2.94. The molecule has 1 amide bonds. The van der Waals surface area contributed by atoms with Crippen molar-refractivity contribution in [1.82, 2.24) is 10.3 Å². The first-order valence-corrected chi connectivity index (χ1v) is 5.83. The molecule has 0 aliphatic carbocycles. The van der Waals surface area contributed by atoms with E-state index in [1.54, 1.807) is 6.92 Å². The van der Waals surface area contributed by atoms with E-state index in [-0.39, 0.29) is 18.0 Å². The fraction of sp³-hybridized carbons (Fsp3) is 0.538. The number of carbonyl (C=O) groups excluding carboxylic acids is 1. The van der Waals surface area contributed by atoms with Crippen molar-refractivity contribution in [1.29, 1.82) is 0 Å². The molecule has 94 valence electrons. The van der Waals surface area contributed by atoms with Crippen LogP contribution in [0.5, 0.6) is 0 Å². The average molecular weight is 235 g/mol. The summed E-state index contributed by atoms with van der Waals surface area (Å²) >= 11 is 0. The highest BCUT2D eigenvalue weighted by Gasteiger charge is 2.17. The van der Waals surface area contributed by atoms with E-state index in [2.05, 4.69) is 23.3 Å². The molecule has 0 radical (unpaired) electrons. The molecule has 0 aliphatic heterocycles. The summed E-state index contributed by atoms with van der Waals surface area (Å²) in [5.74, 6) is -0.341. The molecule has 0 aromatic carbocycles. The van der Waals surface area contributed by atoms with E-state index in [0.29, 0.717) is 0 Å². The minimum Gasteiger partial charge on any atom is -0.368 e. The number of primary amides is 1. The molecular formula is C13H21N3O. The molecule has 1 aromatic heterocycles. The van der Waals surface area contributed by atoms with E-state index in [1.807, 2.05) is 20.8 Å². The van der Waals surface area contributed by atoms with Crippen LogP contribution in [-0.2, 0) is 4.79 Å².